The summed E-state index contributed by atoms with van der Waals surface area (Å²) in [7, 11) is 0. The molecule has 0 saturated carbocycles. The first kappa shape index (κ1) is 18.2. The van der Waals surface area contributed by atoms with Crippen molar-refractivity contribution >= 4 is 23.5 Å². The molecule has 1 aromatic rings. The van der Waals surface area contributed by atoms with Crippen LogP contribution in [0, 0.1) is 17.2 Å². The molecule has 0 aliphatic heterocycles. The number of anilines is 1. The molecule has 0 fully saturated rings. The van der Waals surface area contributed by atoms with Gasteiger partial charge in [0.15, 0.2) is 0 Å². The summed E-state index contributed by atoms with van der Waals surface area (Å²) in [5.41, 5.74) is 0.891. The molecule has 7 heteroatoms. The molecule has 7 nitrogen and oxygen atoms in total. The van der Waals surface area contributed by atoms with Gasteiger partial charge in [0, 0.05) is 18.5 Å². The van der Waals surface area contributed by atoms with Crippen LogP contribution in [0.25, 0.3) is 0 Å². The Hall–Kier alpha value is -2.88. The molecular formula is C16H19N3O4. The van der Waals surface area contributed by atoms with E-state index < -0.39 is 17.9 Å². The summed E-state index contributed by atoms with van der Waals surface area (Å²) < 4.78 is 0. The van der Waals surface area contributed by atoms with Gasteiger partial charge in [-0.15, -0.1) is 0 Å². The molecule has 2 amide bonds. The zero-order valence-electron chi connectivity index (χ0n) is 13.0. The molecule has 0 aliphatic rings. The van der Waals surface area contributed by atoms with Crippen molar-refractivity contribution in [2.24, 2.45) is 5.92 Å². The van der Waals surface area contributed by atoms with Crippen molar-refractivity contribution < 1.29 is 19.5 Å². The average Bonchev–Trinajstić information content (AvgIpc) is 2.50. The maximum atomic E-state index is 11.8. The minimum atomic E-state index is -1.11. The summed E-state index contributed by atoms with van der Waals surface area (Å²) in [6, 6.07) is 7.40. The number of hydrogen-bond acceptors (Lipinski definition) is 4. The van der Waals surface area contributed by atoms with E-state index >= 15 is 0 Å². The first-order valence-electron chi connectivity index (χ1n) is 7.15. The number of amides is 2. The summed E-state index contributed by atoms with van der Waals surface area (Å²) in [5.74, 6) is -2.23. The molecule has 0 radical (unpaired) electrons. The monoisotopic (exact) mass is 317 g/mol. The summed E-state index contributed by atoms with van der Waals surface area (Å²) in [5, 5.41) is 22.8. The Balaban J connectivity index is 2.48. The lowest BCUT2D eigenvalue weighted by Gasteiger charge is -2.17. The number of benzene rings is 1. The predicted octanol–water partition coefficient (Wildman–Crippen LogP) is 1.50. The van der Waals surface area contributed by atoms with E-state index in [1.54, 1.807) is 32.0 Å². The minimum Gasteiger partial charge on any atom is -0.480 e. The fourth-order valence-corrected chi connectivity index (χ4v) is 1.88. The second-order valence-electron chi connectivity index (χ2n) is 5.37. The van der Waals surface area contributed by atoms with E-state index in [1.165, 1.54) is 6.07 Å². The third-order valence-electron chi connectivity index (χ3n) is 3.10. The summed E-state index contributed by atoms with van der Waals surface area (Å²) in [6.45, 7) is 3.38. The zero-order valence-corrected chi connectivity index (χ0v) is 13.0. The summed E-state index contributed by atoms with van der Waals surface area (Å²) >= 11 is 0. The van der Waals surface area contributed by atoms with Crippen LogP contribution in [-0.2, 0) is 14.4 Å². The van der Waals surface area contributed by atoms with Crippen LogP contribution in [0.2, 0.25) is 0 Å². The first-order valence-corrected chi connectivity index (χ1v) is 7.15. The van der Waals surface area contributed by atoms with Gasteiger partial charge in [0.2, 0.25) is 11.8 Å². The molecule has 0 bridgehead atoms. The Morgan fingerprint density at radius 1 is 1.22 bits per heavy atom. The molecule has 0 saturated heterocycles. The molecular weight excluding hydrogens is 298 g/mol. The molecule has 23 heavy (non-hydrogen) atoms. The highest BCUT2D eigenvalue weighted by molar-refractivity contribution is 5.94. The Kier molecular flexibility index (Phi) is 6.74. The van der Waals surface area contributed by atoms with Crippen LogP contribution in [-0.4, -0.2) is 28.9 Å². The number of nitrogens with one attached hydrogen (secondary N) is 2. The van der Waals surface area contributed by atoms with Crippen LogP contribution >= 0.6 is 0 Å². The SMILES string of the molecule is CC(C)C(NC(=O)CCC(=O)Nc1cccc(C#N)c1)C(=O)O. The number of rotatable bonds is 7. The molecule has 122 valence electrons. The summed E-state index contributed by atoms with van der Waals surface area (Å²) in [4.78, 5) is 34.5. The smallest absolute Gasteiger partial charge is 0.326 e. The fourth-order valence-electron chi connectivity index (χ4n) is 1.88. The number of carboxylic acid groups (broad SMARTS) is 1. The first-order chi connectivity index (χ1) is 10.8. The number of carbonyl (C=O) groups excluding carboxylic acids is 2. The highest BCUT2D eigenvalue weighted by Gasteiger charge is 2.23. The van der Waals surface area contributed by atoms with Crippen LogP contribution in [0.5, 0.6) is 0 Å². The van der Waals surface area contributed by atoms with E-state index in [1.807, 2.05) is 6.07 Å². The van der Waals surface area contributed by atoms with Crippen LogP contribution in [0.15, 0.2) is 24.3 Å². The van der Waals surface area contributed by atoms with Gasteiger partial charge < -0.3 is 15.7 Å². The third-order valence-corrected chi connectivity index (χ3v) is 3.10. The maximum Gasteiger partial charge on any atom is 0.326 e. The Morgan fingerprint density at radius 3 is 2.43 bits per heavy atom. The molecule has 0 aliphatic carbocycles. The van der Waals surface area contributed by atoms with E-state index in [-0.39, 0.29) is 24.7 Å². The van der Waals surface area contributed by atoms with Gasteiger partial charge in [-0.2, -0.15) is 5.26 Å². The lowest BCUT2D eigenvalue weighted by atomic mass is 10.0. The molecule has 3 N–H and O–H groups in total. The van der Waals surface area contributed by atoms with Gasteiger partial charge in [0.25, 0.3) is 0 Å². The van der Waals surface area contributed by atoms with E-state index in [0.29, 0.717) is 11.3 Å². The standard InChI is InChI=1S/C16H19N3O4/c1-10(2)15(16(22)23)19-14(21)7-6-13(20)18-12-5-3-4-11(8-12)9-17/h3-5,8,10,15H,6-7H2,1-2H3,(H,18,20)(H,19,21)(H,22,23). The predicted molar refractivity (Wildman–Crippen MR) is 83.4 cm³/mol. The average molecular weight is 317 g/mol. The van der Waals surface area contributed by atoms with Gasteiger partial charge >= 0.3 is 5.97 Å². The Labute approximate surface area is 134 Å². The largest absolute Gasteiger partial charge is 0.480 e. The van der Waals surface area contributed by atoms with Crippen molar-refractivity contribution in [2.45, 2.75) is 32.7 Å². The minimum absolute atomic E-state index is 0.0763. The van der Waals surface area contributed by atoms with Crippen molar-refractivity contribution in [3.05, 3.63) is 29.8 Å². The van der Waals surface area contributed by atoms with Gasteiger partial charge in [-0.05, 0) is 24.1 Å². The van der Waals surface area contributed by atoms with Gasteiger partial charge in [-0.1, -0.05) is 19.9 Å². The van der Waals surface area contributed by atoms with E-state index in [4.69, 9.17) is 10.4 Å². The van der Waals surface area contributed by atoms with Crippen molar-refractivity contribution in [1.82, 2.24) is 5.32 Å². The van der Waals surface area contributed by atoms with Crippen molar-refractivity contribution in [1.29, 1.82) is 5.26 Å². The topological polar surface area (TPSA) is 119 Å². The van der Waals surface area contributed by atoms with Gasteiger partial charge in [-0.25, -0.2) is 4.79 Å². The van der Waals surface area contributed by atoms with E-state index in [9.17, 15) is 14.4 Å². The molecule has 1 aromatic carbocycles. The Bertz CT molecular complexity index is 634. The molecule has 0 heterocycles. The number of carboxylic acids is 1. The fraction of sp³-hybridized carbons (Fsp3) is 0.375. The highest BCUT2D eigenvalue weighted by Crippen LogP contribution is 2.10. The van der Waals surface area contributed by atoms with E-state index in [0.717, 1.165) is 0 Å². The van der Waals surface area contributed by atoms with Crippen molar-refractivity contribution in [3.63, 3.8) is 0 Å². The molecule has 1 rings (SSSR count). The van der Waals surface area contributed by atoms with Crippen LogP contribution in [0.1, 0.15) is 32.3 Å². The third kappa shape index (κ3) is 6.18. The Morgan fingerprint density at radius 2 is 1.87 bits per heavy atom. The zero-order chi connectivity index (χ0) is 17.4. The van der Waals surface area contributed by atoms with Crippen molar-refractivity contribution in [2.75, 3.05) is 5.32 Å². The molecule has 1 unspecified atom stereocenters. The number of nitriles is 1. The van der Waals surface area contributed by atoms with Crippen molar-refractivity contribution in [3.8, 4) is 6.07 Å². The van der Waals surface area contributed by atoms with Crippen LogP contribution < -0.4 is 10.6 Å². The molecule has 0 spiro atoms. The summed E-state index contributed by atoms with van der Waals surface area (Å²) in [6.07, 6.45) is -0.187. The van der Waals surface area contributed by atoms with E-state index in [2.05, 4.69) is 10.6 Å². The van der Waals surface area contributed by atoms with Crippen LogP contribution in [0.4, 0.5) is 5.69 Å². The second kappa shape index (κ2) is 8.54. The number of nitrogens with zero attached hydrogens (tertiary/aromatic N) is 1. The second-order valence-corrected chi connectivity index (χ2v) is 5.37. The lowest BCUT2D eigenvalue weighted by Crippen LogP contribution is -2.44. The molecule has 1 atom stereocenters. The maximum absolute atomic E-state index is 11.8. The quantitative estimate of drug-likeness (QED) is 0.704. The van der Waals surface area contributed by atoms with Crippen LogP contribution in [0.3, 0.4) is 0 Å². The molecule has 0 aromatic heterocycles. The van der Waals surface area contributed by atoms with Gasteiger partial charge in [0.05, 0.1) is 11.6 Å². The number of aliphatic carboxylic acids is 1. The normalized spacial score (nSPS) is 11.4. The number of hydrogen-bond donors (Lipinski definition) is 3. The number of carbonyl (C=O) groups is 3. The van der Waals surface area contributed by atoms with Gasteiger partial charge in [-0.3, -0.25) is 9.59 Å². The van der Waals surface area contributed by atoms with Gasteiger partial charge in [0.1, 0.15) is 6.04 Å². The highest BCUT2D eigenvalue weighted by atomic mass is 16.4. The lowest BCUT2D eigenvalue weighted by molar-refractivity contribution is -0.143.